The van der Waals surface area contributed by atoms with Crippen LogP contribution in [0.2, 0.25) is 0 Å². The number of hydrogen-bond acceptors (Lipinski definition) is 4. The van der Waals surface area contributed by atoms with Crippen molar-refractivity contribution in [3.05, 3.63) is 132 Å². The third-order valence-electron chi connectivity index (χ3n) is 6.41. The number of hydrogen-bond donors (Lipinski definition) is 0. The molecule has 0 saturated carbocycles. The van der Waals surface area contributed by atoms with Crippen LogP contribution < -0.4 is 4.74 Å². The molecular weight excluding hydrogens is 434 g/mol. The van der Waals surface area contributed by atoms with Crippen molar-refractivity contribution in [1.82, 2.24) is 14.8 Å². The van der Waals surface area contributed by atoms with Crippen molar-refractivity contribution in [3.63, 3.8) is 0 Å². The van der Waals surface area contributed by atoms with Gasteiger partial charge in [0, 0.05) is 49.7 Å². The molecule has 0 N–H and O–H groups in total. The van der Waals surface area contributed by atoms with E-state index in [0.29, 0.717) is 31.0 Å². The topological polar surface area (TPSA) is 45.7 Å². The molecule has 1 aromatic heterocycles. The van der Waals surface area contributed by atoms with Crippen LogP contribution in [0, 0.1) is 0 Å². The van der Waals surface area contributed by atoms with Crippen molar-refractivity contribution in [1.29, 1.82) is 0 Å². The second kappa shape index (κ2) is 11.0. The standard InChI is InChI=1S/C30H29N3O2/c34-30(27-14-7-15-28(21-27)35-23-24-9-8-16-31-22-24)33-19-17-32(18-20-33)29(25-10-3-1-4-11-25)26-12-5-2-6-13-26/h1-16,21-22,29H,17-20,23H2. The summed E-state index contributed by atoms with van der Waals surface area (Å²) in [6, 6.07) is 32.7. The number of rotatable bonds is 7. The summed E-state index contributed by atoms with van der Waals surface area (Å²) in [7, 11) is 0. The van der Waals surface area contributed by atoms with Crippen LogP contribution in [0.5, 0.6) is 5.75 Å². The maximum absolute atomic E-state index is 13.3. The zero-order valence-corrected chi connectivity index (χ0v) is 19.7. The molecule has 0 spiro atoms. The minimum atomic E-state index is 0.0486. The predicted molar refractivity (Wildman–Crippen MR) is 137 cm³/mol. The van der Waals surface area contributed by atoms with Gasteiger partial charge in [0.25, 0.3) is 5.91 Å². The third-order valence-corrected chi connectivity index (χ3v) is 6.41. The van der Waals surface area contributed by atoms with Gasteiger partial charge in [0.15, 0.2) is 0 Å². The van der Waals surface area contributed by atoms with Gasteiger partial charge >= 0.3 is 0 Å². The lowest BCUT2D eigenvalue weighted by atomic mass is 9.96. The number of benzene rings is 3. The molecule has 3 aromatic carbocycles. The summed E-state index contributed by atoms with van der Waals surface area (Å²) in [6.45, 7) is 3.44. The fourth-order valence-electron chi connectivity index (χ4n) is 4.62. The number of pyridine rings is 1. The summed E-state index contributed by atoms with van der Waals surface area (Å²) >= 11 is 0. The number of amides is 1. The Morgan fingerprint density at radius 1 is 0.800 bits per heavy atom. The van der Waals surface area contributed by atoms with Crippen LogP contribution in [-0.2, 0) is 6.61 Å². The summed E-state index contributed by atoms with van der Waals surface area (Å²) in [4.78, 5) is 21.8. The normalized spacial score (nSPS) is 14.1. The zero-order valence-electron chi connectivity index (χ0n) is 19.7. The molecule has 35 heavy (non-hydrogen) atoms. The summed E-state index contributed by atoms with van der Waals surface area (Å²) in [5.41, 5.74) is 4.20. The summed E-state index contributed by atoms with van der Waals surface area (Å²) in [6.07, 6.45) is 3.52. The van der Waals surface area contributed by atoms with E-state index in [1.165, 1.54) is 11.1 Å². The second-order valence-electron chi connectivity index (χ2n) is 8.73. The Kier molecular flexibility index (Phi) is 7.16. The first-order valence-electron chi connectivity index (χ1n) is 12.0. The van der Waals surface area contributed by atoms with E-state index in [1.807, 2.05) is 41.3 Å². The van der Waals surface area contributed by atoms with Gasteiger partial charge in [-0.05, 0) is 35.4 Å². The molecule has 176 valence electrons. The highest BCUT2D eigenvalue weighted by atomic mass is 16.5. The highest BCUT2D eigenvalue weighted by molar-refractivity contribution is 5.94. The molecule has 1 aliphatic heterocycles. The van der Waals surface area contributed by atoms with E-state index in [9.17, 15) is 4.79 Å². The first kappa shape index (κ1) is 22.8. The van der Waals surface area contributed by atoms with E-state index < -0.39 is 0 Å². The molecular formula is C30H29N3O2. The van der Waals surface area contributed by atoms with Gasteiger partial charge in [-0.15, -0.1) is 0 Å². The predicted octanol–water partition coefficient (Wildman–Crippen LogP) is 5.21. The van der Waals surface area contributed by atoms with Gasteiger partial charge in [0.2, 0.25) is 0 Å². The number of nitrogens with zero attached hydrogens (tertiary/aromatic N) is 3. The van der Waals surface area contributed by atoms with Crippen molar-refractivity contribution in [3.8, 4) is 5.75 Å². The fraction of sp³-hybridized carbons (Fsp3) is 0.200. The average Bonchev–Trinajstić information content (AvgIpc) is 2.94. The highest BCUT2D eigenvalue weighted by Gasteiger charge is 2.28. The molecule has 4 aromatic rings. The Bertz CT molecular complexity index is 1180. The smallest absolute Gasteiger partial charge is 0.254 e. The molecule has 0 radical (unpaired) electrons. The summed E-state index contributed by atoms with van der Waals surface area (Å²) in [5, 5.41) is 0. The molecule has 1 aliphatic rings. The van der Waals surface area contributed by atoms with Crippen LogP contribution in [0.1, 0.15) is 33.1 Å². The SMILES string of the molecule is O=C(c1cccc(OCc2cccnc2)c1)N1CCN(C(c2ccccc2)c2ccccc2)CC1. The van der Waals surface area contributed by atoms with Crippen LogP contribution in [-0.4, -0.2) is 46.9 Å². The Hall–Kier alpha value is -3.96. The average molecular weight is 464 g/mol. The molecule has 1 fully saturated rings. The molecule has 0 unspecified atom stereocenters. The van der Waals surface area contributed by atoms with Crippen molar-refractivity contribution in [2.45, 2.75) is 12.6 Å². The molecule has 5 heteroatoms. The number of aromatic nitrogens is 1. The Labute approximate surface area is 206 Å². The minimum absolute atomic E-state index is 0.0486. The van der Waals surface area contributed by atoms with E-state index in [4.69, 9.17) is 4.74 Å². The maximum Gasteiger partial charge on any atom is 0.254 e. The largest absolute Gasteiger partial charge is 0.489 e. The molecule has 5 nitrogen and oxygen atoms in total. The molecule has 0 atom stereocenters. The Balaban J connectivity index is 1.25. The van der Waals surface area contributed by atoms with Crippen LogP contribution in [0.4, 0.5) is 0 Å². The van der Waals surface area contributed by atoms with E-state index in [-0.39, 0.29) is 11.9 Å². The lowest BCUT2D eigenvalue weighted by Gasteiger charge is -2.39. The van der Waals surface area contributed by atoms with Gasteiger partial charge < -0.3 is 9.64 Å². The number of carbonyl (C=O) groups excluding carboxylic acids is 1. The molecule has 5 rings (SSSR count). The second-order valence-corrected chi connectivity index (χ2v) is 8.73. The van der Waals surface area contributed by atoms with Crippen LogP contribution in [0.3, 0.4) is 0 Å². The first-order valence-corrected chi connectivity index (χ1v) is 12.0. The number of piperazine rings is 1. The van der Waals surface area contributed by atoms with E-state index >= 15 is 0 Å². The van der Waals surface area contributed by atoms with Crippen molar-refractivity contribution < 1.29 is 9.53 Å². The lowest BCUT2D eigenvalue weighted by Crippen LogP contribution is -2.49. The van der Waals surface area contributed by atoms with Gasteiger partial charge in [-0.2, -0.15) is 0 Å². The zero-order chi connectivity index (χ0) is 23.9. The molecule has 0 bridgehead atoms. The number of ether oxygens (including phenoxy) is 1. The van der Waals surface area contributed by atoms with Crippen molar-refractivity contribution >= 4 is 5.91 Å². The van der Waals surface area contributed by atoms with Gasteiger partial charge in [-0.1, -0.05) is 72.8 Å². The molecule has 2 heterocycles. The van der Waals surface area contributed by atoms with Crippen molar-refractivity contribution in [2.75, 3.05) is 26.2 Å². The van der Waals surface area contributed by atoms with Gasteiger partial charge in [-0.3, -0.25) is 14.7 Å². The Morgan fingerprint density at radius 2 is 1.49 bits per heavy atom. The maximum atomic E-state index is 13.3. The van der Waals surface area contributed by atoms with Gasteiger partial charge in [-0.25, -0.2) is 0 Å². The van der Waals surface area contributed by atoms with Crippen LogP contribution >= 0.6 is 0 Å². The van der Waals surface area contributed by atoms with E-state index in [2.05, 4.69) is 70.5 Å². The quantitative estimate of drug-likeness (QED) is 0.378. The molecule has 0 aliphatic carbocycles. The number of carbonyl (C=O) groups is 1. The lowest BCUT2D eigenvalue weighted by molar-refractivity contribution is 0.0597. The molecule has 1 amide bonds. The highest BCUT2D eigenvalue weighted by Crippen LogP contribution is 2.29. The van der Waals surface area contributed by atoms with E-state index in [0.717, 1.165) is 18.7 Å². The van der Waals surface area contributed by atoms with Crippen LogP contribution in [0.15, 0.2) is 109 Å². The van der Waals surface area contributed by atoms with Gasteiger partial charge in [0.05, 0.1) is 6.04 Å². The third kappa shape index (κ3) is 5.58. The molecule has 1 saturated heterocycles. The monoisotopic (exact) mass is 463 g/mol. The fourth-order valence-corrected chi connectivity index (χ4v) is 4.62. The van der Waals surface area contributed by atoms with Crippen LogP contribution in [0.25, 0.3) is 0 Å². The summed E-state index contributed by atoms with van der Waals surface area (Å²) in [5.74, 6) is 0.735. The van der Waals surface area contributed by atoms with E-state index in [1.54, 1.807) is 12.4 Å². The minimum Gasteiger partial charge on any atom is -0.489 e. The summed E-state index contributed by atoms with van der Waals surface area (Å²) < 4.78 is 5.90. The van der Waals surface area contributed by atoms with Crippen molar-refractivity contribution in [2.24, 2.45) is 0 Å². The first-order chi connectivity index (χ1) is 17.3. The Morgan fingerprint density at radius 3 is 2.11 bits per heavy atom. The van der Waals surface area contributed by atoms with Gasteiger partial charge in [0.1, 0.15) is 12.4 Å².